The third-order valence-corrected chi connectivity index (χ3v) is 4.74. The van der Waals surface area contributed by atoms with Crippen LogP contribution in [0.4, 0.5) is 0 Å². The molecule has 2 atom stereocenters. The van der Waals surface area contributed by atoms with Gasteiger partial charge in [-0.1, -0.05) is 30.2 Å². The lowest BCUT2D eigenvalue weighted by Gasteiger charge is -2.09. The Morgan fingerprint density at radius 2 is 2.06 bits per heavy atom. The van der Waals surface area contributed by atoms with Crippen molar-refractivity contribution in [2.24, 2.45) is 0 Å². The fraction of sp³-hybridized carbons (Fsp3) is 0.538. The average molecular weight is 274 g/mol. The number of nitrogens with one attached hydrogen (secondary N) is 1. The normalized spacial score (nSPS) is 14.5. The summed E-state index contributed by atoms with van der Waals surface area (Å²) in [6.45, 7) is 2.16. The quantitative estimate of drug-likeness (QED) is 0.773. The zero-order valence-electron chi connectivity index (χ0n) is 10.4. The molecule has 0 aliphatic carbocycles. The smallest absolute Gasteiger partial charge is 0.0574 e. The Kier molecular flexibility index (Phi) is 6.78. The van der Waals surface area contributed by atoms with E-state index in [1.807, 2.05) is 25.2 Å². The van der Waals surface area contributed by atoms with E-state index >= 15 is 0 Å². The molecule has 0 amide bonds. The predicted molar refractivity (Wildman–Crippen MR) is 75.1 cm³/mol. The molecule has 0 spiro atoms. The number of hydrogen-bond donors (Lipinski definition) is 1. The van der Waals surface area contributed by atoms with Gasteiger partial charge in [-0.15, -0.1) is 0 Å². The van der Waals surface area contributed by atoms with Crippen molar-refractivity contribution in [3.8, 4) is 0 Å². The molecule has 0 aliphatic rings. The highest BCUT2D eigenvalue weighted by Gasteiger charge is 2.07. The van der Waals surface area contributed by atoms with Gasteiger partial charge in [0.25, 0.3) is 0 Å². The Labute approximate surface area is 111 Å². The number of halogens is 1. The summed E-state index contributed by atoms with van der Waals surface area (Å²) in [6.07, 6.45) is 3.19. The third-order valence-electron chi connectivity index (χ3n) is 2.79. The molecular formula is C13H20ClNOS. The Bertz CT molecular complexity index is 370. The summed E-state index contributed by atoms with van der Waals surface area (Å²) in [4.78, 5) is 0.760. The minimum absolute atomic E-state index is 0.531. The first kappa shape index (κ1) is 14.7. The first-order valence-corrected chi connectivity index (χ1v) is 7.65. The van der Waals surface area contributed by atoms with Crippen LogP contribution >= 0.6 is 11.6 Å². The summed E-state index contributed by atoms with van der Waals surface area (Å²) < 4.78 is 12.0. The van der Waals surface area contributed by atoms with Crippen molar-refractivity contribution in [2.45, 2.75) is 37.1 Å². The molecule has 2 nitrogen and oxygen atoms in total. The van der Waals surface area contributed by atoms with Gasteiger partial charge in [0.15, 0.2) is 0 Å². The van der Waals surface area contributed by atoms with Gasteiger partial charge in [-0.25, -0.2) is 0 Å². The van der Waals surface area contributed by atoms with Gasteiger partial charge in [0.1, 0.15) is 0 Å². The molecule has 0 radical (unpaired) electrons. The molecule has 1 aromatic carbocycles. The fourth-order valence-corrected chi connectivity index (χ4v) is 3.16. The summed E-state index contributed by atoms with van der Waals surface area (Å²) in [5, 5.41) is 3.80. The van der Waals surface area contributed by atoms with E-state index in [0.29, 0.717) is 16.8 Å². The second-order valence-corrected chi connectivity index (χ2v) is 6.11. The monoisotopic (exact) mass is 273 g/mol. The first-order chi connectivity index (χ1) is 8.15. The van der Waals surface area contributed by atoms with E-state index in [2.05, 4.69) is 12.2 Å². The van der Waals surface area contributed by atoms with E-state index in [-0.39, 0.29) is 0 Å². The van der Waals surface area contributed by atoms with Crippen LogP contribution in [-0.2, 0) is 10.8 Å². The fourth-order valence-electron chi connectivity index (χ4n) is 1.57. The molecule has 0 heterocycles. The standard InChI is InChI=1S/C13H20ClNOS/c1-11(15-2)7-5-6-10-17(16)13-9-4-3-8-12(13)14/h3-4,8-9,11,15H,5-7,10H2,1-2H3. The van der Waals surface area contributed by atoms with Crippen molar-refractivity contribution in [3.63, 3.8) is 0 Å². The molecule has 1 rings (SSSR count). The van der Waals surface area contributed by atoms with Crippen LogP contribution in [0.5, 0.6) is 0 Å². The van der Waals surface area contributed by atoms with Crippen LogP contribution < -0.4 is 5.32 Å². The van der Waals surface area contributed by atoms with Crippen molar-refractivity contribution in [1.29, 1.82) is 0 Å². The molecule has 1 aromatic rings. The SMILES string of the molecule is CNC(C)CCCCS(=O)c1ccccc1Cl. The molecule has 17 heavy (non-hydrogen) atoms. The Hall–Kier alpha value is -0.380. The molecule has 0 saturated heterocycles. The topological polar surface area (TPSA) is 29.1 Å². The molecule has 0 aliphatic heterocycles. The van der Waals surface area contributed by atoms with E-state index < -0.39 is 10.8 Å². The maximum Gasteiger partial charge on any atom is 0.0574 e. The van der Waals surface area contributed by atoms with Crippen LogP contribution in [0.2, 0.25) is 5.02 Å². The highest BCUT2D eigenvalue weighted by atomic mass is 35.5. The molecule has 2 unspecified atom stereocenters. The van der Waals surface area contributed by atoms with Gasteiger partial charge in [0, 0.05) is 11.8 Å². The summed E-state index contributed by atoms with van der Waals surface area (Å²) in [5.41, 5.74) is 0. The van der Waals surface area contributed by atoms with Gasteiger partial charge in [-0.3, -0.25) is 4.21 Å². The second-order valence-electron chi connectivity index (χ2n) is 4.17. The minimum Gasteiger partial charge on any atom is -0.317 e. The highest BCUT2D eigenvalue weighted by Crippen LogP contribution is 2.19. The lowest BCUT2D eigenvalue weighted by molar-refractivity contribution is 0.537. The van der Waals surface area contributed by atoms with Crippen LogP contribution in [-0.4, -0.2) is 23.1 Å². The summed E-state index contributed by atoms with van der Waals surface area (Å²) in [5.74, 6) is 0.695. The second kappa shape index (κ2) is 7.85. The summed E-state index contributed by atoms with van der Waals surface area (Å²) >= 11 is 6.00. The zero-order valence-corrected chi connectivity index (χ0v) is 12.0. The number of hydrogen-bond acceptors (Lipinski definition) is 2. The minimum atomic E-state index is -0.964. The van der Waals surface area contributed by atoms with Crippen molar-refractivity contribution in [1.82, 2.24) is 5.32 Å². The van der Waals surface area contributed by atoms with Crippen LogP contribution in [0.3, 0.4) is 0 Å². The Morgan fingerprint density at radius 1 is 1.35 bits per heavy atom. The predicted octanol–water partition coefficient (Wildman–Crippen LogP) is 3.23. The Balaban J connectivity index is 2.33. The van der Waals surface area contributed by atoms with Gasteiger partial charge in [-0.05, 0) is 38.9 Å². The van der Waals surface area contributed by atoms with Gasteiger partial charge in [-0.2, -0.15) is 0 Å². The highest BCUT2D eigenvalue weighted by molar-refractivity contribution is 7.85. The van der Waals surface area contributed by atoms with Gasteiger partial charge in [0.2, 0.25) is 0 Å². The van der Waals surface area contributed by atoms with Crippen molar-refractivity contribution >= 4 is 22.4 Å². The zero-order chi connectivity index (χ0) is 12.7. The van der Waals surface area contributed by atoms with E-state index in [4.69, 9.17) is 11.6 Å². The van der Waals surface area contributed by atoms with Crippen molar-refractivity contribution in [2.75, 3.05) is 12.8 Å². The van der Waals surface area contributed by atoms with Crippen molar-refractivity contribution in [3.05, 3.63) is 29.3 Å². The van der Waals surface area contributed by atoms with Crippen molar-refractivity contribution < 1.29 is 4.21 Å². The number of unbranched alkanes of at least 4 members (excludes halogenated alkanes) is 1. The molecule has 4 heteroatoms. The van der Waals surface area contributed by atoms with E-state index in [1.54, 1.807) is 6.07 Å². The summed E-state index contributed by atoms with van der Waals surface area (Å²) in [6, 6.07) is 7.90. The van der Waals surface area contributed by atoms with Crippen LogP contribution in [0.25, 0.3) is 0 Å². The maximum absolute atomic E-state index is 12.0. The van der Waals surface area contributed by atoms with Gasteiger partial charge < -0.3 is 5.32 Å². The summed E-state index contributed by atoms with van der Waals surface area (Å²) in [7, 11) is 1.00. The molecule has 0 fully saturated rings. The van der Waals surface area contributed by atoms with Gasteiger partial charge >= 0.3 is 0 Å². The molecule has 96 valence electrons. The van der Waals surface area contributed by atoms with Crippen LogP contribution in [0.1, 0.15) is 26.2 Å². The lowest BCUT2D eigenvalue weighted by Crippen LogP contribution is -2.20. The maximum atomic E-state index is 12.0. The van der Waals surface area contributed by atoms with Crippen LogP contribution in [0.15, 0.2) is 29.2 Å². The van der Waals surface area contributed by atoms with Crippen LogP contribution in [0, 0.1) is 0 Å². The average Bonchev–Trinajstić information content (AvgIpc) is 2.34. The van der Waals surface area contributed by atoms with Gasteiger partial charge in [0.05, 0.1) is 20.7 Å². The molecular weight excluding hydrogens is 254 g/mol. The Morgan fingerprint density at radius 3 is 2.71 bits per heavy atom. The molecule has 0 saturated carbocycles. The molecule has 1 N–H and O–H groups in total. The molecule has 0 aromatic heterocycles. The third kappa shape index (κ3) is 5.19. The van der Waals surface area contributed by atoms with E-state index in [1.165, 1.54) is 0 Å². The van der Waals surface area contributed by atoms with E-state index in [0.717, 1.165) is 24.2 Å². The first-order valence-electron chi connectivity index (χ1n) is 5.95. The number of benzene rings is 1. The molecule has 0 bridgehead atoms. The lowest BCUT2D eigenvalue weighted by atomic mass is 10.1. The largest absolute Gasteiger partial charge is 0.317 e. The number of rotatable bonds is 7. The van der Waals surface area contributed by atoms with E-state index in [9.17, 15) is 4.21 Å².